The third kappa shape index (κ3) is 28.4. The van der Waals surface area contributed by atoms with Gasteiger partial charge in [-0.15, -0.1) is 0 Å². The number of fused-ring (bicyclic) bond motifs is 1. The number of nitrogens with zero attached hydrogens (tertiary/aromatic N) is 4. The Morgan fingerprint density at radius 2 is 0.810 bits per heavy atom. The highest BCUT2D eigenvalue weighted by Gasteiger charge is 2.25. The summed E-state index contributed by atoms with van der Waals surface area (Å²) in [6, 6.07) is 0. The van der Waals surface area contributed by atoms with E-state index in [1.807, 2.05) is 13.8 Å². The summed E-state index contributed by atoms with van der Waals surface area (Å²) < 4.78 is 97.6. The standard InChI is InChI=1S/C36H68N5O16P/c1-3-43-7-9-45-11-13-47-15-17-49-19-21-51-23-25-53-27-29-56-58(42,33-55-6-5-41-32-40-34-35(37)38-31-39-36(34)41)57-30-28-54-26-24-52-22-20-50-18-16-48-14-12-46-10-8-44-4-2/h31-32H,3-30,33H2,1-2H3,(H2,37,38,39). The van der Waals surface area contributed by atoms with Gasteiger partial charge >= 0.3 is 7.60 Å². The average Bonchev–Trinajstić information content (AvgIpc) is 3.65. The summed E-state index contributed by atoms with van der Waals surface area (Å²) in [7, 11) is -3.66. The normalized spacial score (nSPS) is 12.0. The quantitative estimate of drug-likeness (QED) is 0.0741. The molecule has 2 heterocycles. The number of rotatable bonds is 45. The zero-order valence-electron chi connectivity index (χ0n) is 34.5. The molecule has 338 valence electrons. The topological polar surface area (TPSA) is 225 Å². The molecule has 0 unspecified atom stereocenters. The Kier molecular flexibility index (Phi) is 34.1. The minimum Gasteiger partial charge on any atom is -0.382 e. The van der Waals surface area contributed by atoms with Crippen molar-refractivity contribution in [2.75, 3.05) is 190 Å². The number of aromatic nitrogens is 4. The smallest absolute Gasteiger partial charge is 0.356 e. The summed E-state index contributed by atoms with van der Waals surface area (Å²) in [5.41, 5.74) is 6.94. The highest BCUT2D eigenvalue weighted by Crippen LogP contribution is 2.47. The predicted octanol–water partition coefficient (Wildman–Crippen LogP) is 1.85. The van der Waals surface area contributed by atoms with Crippen LogP contribution in [0.15, 0.2) is 12.7 Å². The molecule has 58 heavy (non-hydrogen) atoms. The van der Waals surface area contributed by atoms with Crippen LogP contribution in [0.2, 0.25) is 0 Å². The second kappa shape index (κ2) is 37.9. The number of nitrogens with two attached hydrogens (primary N) is 1. The van der Waals surface area contributed by atoms with Gasteiger partial charge in [0, 0.05) is 19.8 Å². The molecule has 0 amide bonds. The minimum absolute atomic E-state index is 0.0237. The van der Waals surface area contributed by atoms with Crippen LogP contribution in [-0.2, 0) is 81.7 Å². The molecule has 0 saturated heterocycles. The van der Waals surface area contributed by atoms with E-state index in [2.05, 4.69) is 15.0 Å². The average molecular weight is 858 g/mol. The van der Waals surface area contributed by atoms with E-state index in [1.165, 1.54) is 6.33 Å². The maximum Gasteiger partial charge on any atom is 0.356 e. The van der Waals surface area contributed by atoms with Crippen LogP contribution in [0.4, 0.5) is 5.82 Å². The van der Waals surface area contributed by atoms with Gasteiger partial charge in [0.15, 0.2) is 11.5 Å². The van der Waals surface area contributed by atoms with Crippen LogP contribution in [-0.4, -0.2) is 204 Å². The fourth-order valence-corrected chi connectivity index (χ4v) is 5.75. The van der Waals surface area contributed by atoms with Gasteiger partial charge < -0.3 is 80.9 Å². The van der Waals surface area contributed by atoms with Gasteiger partial charge in [0.2, 0.25) is 0 Å². The first-order valence-electron chi connectivity index (χ1n) is 19.9. The van der Waals surface area contributed by atoms with Crippen LogP contribution in [0.25, 0.3) is 11.2 Å². The van der Waals surface area contributed by atoms with E-state index in [-0.39, 0.29) is 45.2 Å². The summed E-state index contributed by atoms with van der Waals surface area (Å²) in [4.78, 5) is 12.4. The van der Waals surface area contributed by atoms with Crippen molar-refractivity contribution in [3.05, 3.63) is 12.7 Å². The zero-order valence-corrected chi connectivity index (χ0v) is 35.4. The van der Waals surface area contributed by atoms with Gasteiger partial charge in [-0.05, 0) is 13.8 Å². The van der Waals surface area contributed by atoms with Crippen molar-refractivity contribution >= 4 is 24.6 Å². The van der Waals surface area contributed by atoms with Crippen LogP contribution >= 0.6 is 7.60 Å². The predicted molar refractivity (Wildman–Crippen MR) is 211 cm³/mol. The number of imidazole rings is 1. The Bertz CT molecular complexity index is 1210. The van der Waals surface area contributed by atoms with Gasteiger partial charge in [0.25, 0.3) is 0 Å². The van der Waals surface area contributed by atoms with Crippen LogP contribution in [0.1, 0.15) is 13.8 Å². The van der Waals surface area contributed by atoms with Crippen molar-refractivity contribution in [2.45, 2.75) is 20.4 Å². The van der Waals surface area contributed by atoms with Crippen LogP contribution in [0.3, 0.4) is 0 Å². The van der Waals surface area contributed by atoms with E-state index >= 15 is 0 Å². The van der Waals surface area contributed by atoms with Crippen LogP contribution in [0, 0.1) is 0 Å². The summed E-state index contributed by atoms with van der Waals surface area (Å²) >= 11 is 0. The van der Waals surface area contributed by atoms with Crippen molar-refractivity contribution < 1.29 is 75.2 Å². The van der Waals surface area contributed by atoms with E-state index < -0.39 is 7.60 Å². The lowest BCUT2D eigenvalue weighted by Crippen LogP contribution is -2.16. The molecular formula is C36H68N5O16P. The van der Waals surface area contributed by atoms with Gasteiger partial charge in [0.1, 0.15) is 18.2 Å². The second-order valence-electron chi connectivity index (χ2n) is 11.7. The van der Waals surface area contributed by atoms with Crippen molar-refractivity contribution in [1.82, 2.24) is 19.5 Å². The second-order valence-corrected chi connectivity index (χ2v) is 13.7. The molecule has 0 aliphatic carbocycles. The molecule has 2 rings (SSSR count). The lowest BCUT2D eigenvalue weighted by molar-refractivity contribution is -0.0187. The molecule has 2 aromatic heterocycles. The molecule has 0 atom stereocenters. The lowest BCUT2D eigenvalue weighted by atomic mass is 10.5. The Labute approximate surface area is 342 Å². The van der Waals surface area contributed by atoms with Crippen LogP contribution < -0.4 is 5.73 Å². The van der Waals surface area contributed by atoms with Crippen molar-refractivity contribution in [3.63, 3.8) is 0 Å². The molecular weight excluding hydrogens is 789 g/mol. The first-order chi connectivity index (χ1) is 28.6. The molecule has 2 aromatic rings. The Morgan fingerprint density at radius 3 is 1.17 bits per heavy atom. The number of hydrogen-bond acceptors (Lipinski definition) is 20. The van der Waals surface area contributed by atoms with Gasteiger partial charge in [0.05, 0.1) is 171 Å². The van der Waals surface area contributed by atoms with Crippen LogP contribution in [0.5, 0.6) is 0 Å². The van der Waals surface area contributed by atoms with Crippen molar-refractivity contribution in [1.29, 1.82) is 0 Å². The molecule has 0 spiro atoms. The van der Waals surface area contributed by atoms with Gasteiger partial charge in [-0.2, -0.15) is 0 Å². The van der Waals surface area contributed by atoms with Gasteiger partial charge in [-0.25, -0.2) is 15.0 Å². The fraction of sp³-hybridized carbons (Fsp3) is 0.861. The largest absolute Gasteiger partial charge is 0.382 e. The molecule has 0 bridgehead atoms. The van der Waals surface area contributed by atoms with E-state index in [0.29, 0.717) is 163 Å². The van der Waals surface area contributed by atoms with Gasteiger partial charge in [-0.3, -0.25) is 4.57 Å². The summed E-state index contributed by atoms with van der Waals surface area (Å²) in [5, 5.41) is 0. The Hall–Kier alpha value is -2.02. The SMILES string of the molecule is CCOCCOCCOCCOCCOCCOCCOP(=O)(COCCn1cnc2c(N)ncnc21)OCCOCCOCCOCCOCCOCCOCC. The molecule has 22 heteroatoms. The number of nitrogen functional groups attached to an aromatic ring is 1. The first-order valence-corrected chi connectivity index (χ1v) is 21.6. The molecule has 2 N–H and O–H groups in total. The Morgan fingerprint density at radius 1 is 0.466 bits per heavy atom. The molecule has 0 saturated carbocycles. The number of hydrogen-bond donors (Lipinski definition) is 1. The molecule has 21 nitrogen and oxygen atoms in total. The zero-order chi connectivity index (χ0) is 41.5. The molecule has 0 aliphatic rings. The first kappa shape index (κ1) is 52.1. The summed E-state index contributed by atoms with van der Waals surface area (Å²) in [5.74, 6) is 0.286. The van der Waals surface area contributed by atoms with Gasteiger partial charge in [-0.1, -0.05) is 0 Å². The third-order valence-corrected chi connectivity index (χ3v) is 8.97. The summed E-state index contributed by atoms with van der Waals surface area (Å²) in [6.45, 7) is 15.6. The molecule has 0 aliphatic heterocycles. The van der Waals surface area contributed by atoms with E-state index in [4.69, 9.17) is 76.4 Å². The minimum atomic E-state index is -3.66. The van der Waals surface area contributed by atoms with E-state index in [0.717, 1.165) is 0 Å². The van der Waals surface area contributed by atoms with E-state index in [1.54, 1.807) is 10.9 Å². The maximum absolute atomic E-state index is 13.5. The number of anilines is 1. The van der Waals surface area contributed by atoms with E-state index in [9.17, 15) is 4.57 Å². The lowest BCUT2D eigenvalue weighted by Gasteiger charge is -2.19. The monoisotopic (exact) mass is 857 g/mol. The molecule has 0 aromatic carbocycles. The highest BCUT2D eigenvalue weighted by molar-refractivity contribution is 7.53. The third-order valence-electron chi connectivity index (χ3n) is 7.32. The Balaban J connectivity index is 1.53. The highest BCUT2D eigenvalue weighted by atomic mass is 31.2. The molecule has 0 fully saturated rings. The fourth-order valence-electron chi connectivity index (χ4n) is 4.47. The maximum atomic E-state index is 13.5. The summed E-state index contributed by atoms with van der Waals surface area (Å²) in [6.07, 6.45) is 2.69. The molecule has 0 radical (unpaired) electrons. The van der Waals surface area contributed by atoms with Crippen molar-refractivity contribution in [3.8, 4) is 0 Å². The van der Waals surface area contributed by atoms with Crippen molar-refractivity contribution in [2.24, 2.45) is 0 Å². The number of ether oxygens (including phenoxy) is 13.